The number of nitrogens with zero attached hydrogens (tertiary/aromatic N) is 4. The van der Waals surface area contributed by atoms with Crippen molar-refractivity contribution in [3.05, 3.63) is 193 Å². The molecule has 2 aromatic heterocycles. The molecule has 0 unspecified atom stereocenters. The van der Waals surface area contributed by atoms with Gasteiger partial charge in [-0.3, -0.25) is 4.57 Å². The second-order valence-corrected chi connectivity index (χ2v) is 17.1. The molecule has 7 aromatic carbocycles. The van der Waals surface area contributed by atoms with Crippen molar-refractivity contribution in [1.29, 1.82) is 0 Å². The Morgan fingerprint density at radius 1 is 0.623 bits per heavy atom. The summed E-state index contributed by atoms with van der Waals surface area (Å²) >= 11 is 0. The average molecular weight is 800 g/mol. The van der Waals surface area contributed by atoms with Gasteiger partial charge in [0.1, 0.15) is 29.8 Å². The van der Waals surface area contributed by atoms with E-state index >= 15 is 0 Å². The van der Waals surface area contributed by atoms with Gasteiger partial charge in [0.15, 0.2) is 0 Å². The summed E-state index contributed by atoms with van der Waals surface area (Å²) in [5.74, 6) is 0.995. The van der Waals surface area contributed by atoms with Crippen LogP contribution in [0.3, 0.4) is 0 Å². The second-order valence-electron chi connectivity index (χ2n) is 17.1. The summed E-state index contributed by atoms with van der Waals surface area (Å²) in [6, 6.07) is 57.1. The third-order valence-corrected chi connectivity index (χ3v) is 11.8. The van der Waals surface area contributed by atoms with Crippen molar-refractivity contribution in [3.63, 3.8) is 0 Å². The number of rotatable bonds is 8. The number of ether oxygens (including phenoxy) is 1. The molecule has 0 aliphatic carbocycles. The second kappa shape index (κ2) is 15.1. The third kappa shape index (κ3) is 6.98. The van der Waals surface area contributed by atoms with Gasteiger partial charge in [-0.2, -0.15) is 0 Å². The van der Waals surface area contributed by atoms with Crippen molar-refractivity contribution in [3.8, 4) is 39.6 Å². The molecular weight excluding hydrogens is 752 g/mol. The Morgan fingerprint density at radius 3 is 2.03 bits per heavy atom. The van der Waals surface area contributed by atoms with E-state index < -0.39 is 5.89 Å². The molecule has 0 saturated carbocycles. The van der Waals surface area contributed by atoms with Gasteiger partial charge in [0.25, 0.3) is 0 Å². The minimum absolute atomic E-state index is 0.0396. The van der Waals surface area contributed by atoms with Crippen LogP contribution in [0, 0.1) is 5.82 Å². The largest absolute Gasteiger partial charge is 0.457 e. The van der Waals surface area contributed by atoms with Gasteiger partial charge >= 0.3 is 0 Å². The minimum atomic E-state index is -0.914. The van der Waals surface area contributed by atoms with E-state index in [1.807, 2.05) is 50.4 Å². The maximum atomic E-state index is 14.3. The maximum absolute atomic E-state index is 14.3. The molecule has 1 aliphatic rings. The molecule has 0 atom stereocenters. The van der Waals surface area contributed by atoms with Gasteiger partial charge in [-0.1, -0.05) is 126 Å². The van der Waals surface area contributed by atoms with Gasteiger partial charge in [0.2, 0.25) is 0 Å². The van der Waals surface area contributed by atoms with E-state index in [0.717, 1.165) is 78.2 Å². The Balaban J connectivity index is 1.09. The highest BCUT2D eigenvalue weighted by Crippen LogP contribution is 2.51. The predicted molar refractivity (Wildman–Crippen MR) is 251 cm³/mol. The lowest BCUT2D eigenvalue weighted by Gasteiger charge is -2.27. The summed E-state index contributed by atoms with van der Waals surface area (Å²) in [7, 11) is 0. The van der Waals surface area contributed by atoms with E-state index in [9.17, 15) is 5.76 Å². The molecule has 0 saturated heterocycles. The van der Waals surface area contributed by atoms with Crippen LogP contribution >= 0.6 is 0 Å². The highest BCUT2D eigenvalue weighted by molar-refractivity contribution is 6.09. The first-order valence-corrected chi connectivity index (χ1v) is 20.8. The molecule has 1 aliphatic heterocycles. The van der Waals surface area contributed by atoms with Crippen LogP contribution in [0.4, 0.5) is 27.1 Å². The first-order valence-electron chi connectivity index (χ1n) is 21.3. The van der Waals surface area contributed by atoms with Crippen molar-refractivity contribution in [2.24, 2.45) is 0 Å². The zero-order valence-corrected chi connectivity index (χ0v) is 35.0. The summed E-state index contributed by atoms with van der Waals surface area (Å²) < 4.78 is 32.6. The molecule has 0 fully saturated rings. The standard InChI is InChI=1S/C55H47FN4O/c1-36(2)39-30-42(33-44(31-39)61-43-26-27-48-47-16-9-10-19-49(47)60(52(48)34-43)53-32-40(28-29-57-53)55(3,4)5)58-35-59(51-21-12-11-20-50(51)58)54-45(37-14-7-6-8-15-37)17-13-18-46(54)38-22-24-41(56)25-23-38/h6-34,36H,35H2,1-5H3/i36D. The van der Waals surface area contributed by atoms with Crippen molar-refractivity contribution >= 4 is 44.6 Å². The topological polar surface area (TPSA) is 33.5 Å². The Morgan fingerprint density at radius 2 is 1.30 bits per heavy atom. The SMILES string of the molecule is [2H]C(C)(C)c1cc(Oc2ccc3c4ccccc4n(-c4cc(C(C)(C)C)ccn4)c3c2)cc(N2CN(c3c(-c4ccccc4)cccc3-c3ccc(F)cc3)c3ccccc32)c1. The Bertz CT molecular complexity index is 3130. The molecule has 0 spiro atoms. The fraction of sp³-hybridized carbons (Fsp3) is 0.145. The average Bonchev–Trinajstić information content (AvgIpc) is 3.82. The molecule has 0 amide bonds. The highest BCUT2D eigenvalue weighted by Gasteiger charge is 2.32. The van der Waals surface area contributed by atoms with Crippen LogP contribution < -0.4 is 14.5 Å². The molecule has 300 valence electrons. The van der Waals surface area contributed by atoms with Crippen LogP contribution in [0.25, 0.3) is 49.9 Å². The number of fused-ring (bicyclic) bond motifs is 4. The Hall–Kier alpha value is -7.18. The van der Waals surface area contributed by atoms with Crippen LogP contribution in [0.5, 0.6) is 11.5 Å². The molecule has 61 heavy (non-hydrogen) atoms. The molecule has 3 heterocycles. The first kappa shape index (κ1) is 36.9. The Labute approximate surface area is 358 Å². The number of halogens is 1. The Kier molecular flexibility index (Phi) is 9.14. The fourth-order valence-electron chi connectivity index (χ4n) is 8.66. The molecular formula is C55H47FN4O. The van der Waals surface area contributed by atoms with Gasteiger partial charge < -0.3 is 14.5 Å². The number of pyridine rings is 1. The van der Waals surface area contributed by atoms with Gasteiger partial charge in [-0.25, -0.2) is 9.37 Å². The number of hydrogen-bond acceptors (Lipinski definition) is 4. The third-order valence-electron chi connectivity index (χ3n) is 11.8. The van der Waals surface area contributed by atoms with Crippen LogP contribution in [0.15, 0.2) is 176 Å². The van der Waals surface area contributed by atoms with Crippen LogP contribution in [-0.2, 0) is 5.41 Å². The molecule has 0 radical (unpaired) electrons. The van der Waals surface area contributed by atoms with Crippen molar-refractivity contribution in [2.45, 2.75) is 45.9 Å². The summed E-state index contributed by atoms with van der Waals surface area (Å²) in [4.78, 5) is 9.52. The first-order chi connectivity index (χ1) is 29.9. The van der Waals surface area contributed by atoms with Gasteiger partial charge in [-0.05, 0) is 100 Å². The summed E-state index contributed by atoms with van der Waals surface area (Å²) in [5.41, 5.74) is 12.2. The quantitative estimate of drug-likeness (QED) is 0.153. The van der Waals surface area contributed by atoms with Crippen LogP contribution in [0.2, 0.25) is 0 Å². The summed E-state index contributed by atoms with van der Waals surface area (Å²) in [6.45, 7) is 11.0. The predicted octanol–water partition coefficient (Wildman–Crippen LogP) is 15.1. The van der Waals surface area contributed by atoms with E-state index in [2.05, 4.69) is 163 Å². The maximum Gasteiger partial charge on any atom is 0.137 e. The van der Waals surface area contributed by atoms with E-state index in [1.54, 1.807) is 0 Å². The zero-order valence-electron chi connectivity index (χ0n) is 36.0. The van der Waals surface area contributed by atoms with Crippen molar-refractivity contribution in [2.75, 3.05) is 16.5 Å². The van der Waals surface area contributed by atoms with Gasteiger partial charge in [-0.15, -0.1) is 0 Å². The fourth-order valence-corrected chi connectivity index (χ4v) is 8.66. The van der Waals surface area contributed by atoms with Gasteiger partial charge in [0, 0.05) is 47.3 Å². The number of anilines is 4. The molecule has 10 rings (SSSR count). The number of benzene rings is 7. The van der Waals surface area contributed by atoms with Crippen LogP contribution in [-0.4, -0.2) is 16.2 Å². The smallest absolute Gasteiger partial charge is 0.137 e. The van der Waals surface area contributed by atoms with Crippen molar-refractivity contribution < 1.29 is 10.5 Å². The van der Waals surface area contributed by atoms with E-state index in [1.165, 1.54) is 17.7 Å². The van der Waals surface area contributed by atoms with E-state index in [-0.39, 0.29) is 11.2 Å². The van der Waals surface area contributed by atoms with E-state index in [0.29, 0.717) is 18.2 Å². The highest BCUT2D eigenvalue weighted by atomic mass is 19.1. The molecule has 9 aromatic rings. The number of aromatic nitrogens is 2. The summed E-state index contributed by atoms with van der Waals surface area (Å²) in [5, 5.41) is 2.26. The molecule has 0 bridgehead atoms. The minimum Gasteiger partial charge on any atom is -0.457 e. The van der Waals surface area contributed by atoms with Crippen molar-refractivity contribution in [1.82, 2.24) is 9.55 Å². The number of hydrogen-bond donors (Lipinski definition) is 0. The van der Waals surface area contributed by atoms with E-state index in [4.69, 9.17) is 9.72 Å². The zero-order chi connectivity index (χ0) is 42.8. The normalized spacial score (nSPS) is 13.2. The van der Waals surface area contributed by atoms with Crippen LogP contribution in [0.1, 0.15) is 53.0 Å². The lowest BCUT2D eigenvalue weighted by Crippen LogP contribution is -2.25. The molecule has 0 N–H and O–H groups in total. The van der Waals surface area contributed by atoms with Gasteiger partial charge in [0.05, 0.1) is 28.1 Å². The lowest BCUT2D eigenvalue weighted by atomic mass is 9.88. The molecule has 5 nitrogen and oxygen atoms in total. The molecule has 6 heteroatoms. The number of para-hydroxylation sites is 4. The summed E-state index contributed by atoms with van der Waals surface area (Å²) in [6.07, 6.45) is 1.90. The monoisotopic (exact) mass is 799 g/mol. The lowest BCUT2D eigenvalue weighted by molar-refractivity contribution is 0.482.